The molecule has 1 rings (SSSR count). The molecule has 0 heterocycles. The Hall–Kier alpha value is -1.28. The van der Waals surface area contributed by atoms with E-state index in [0.717, 1.165) is 18.4 Å². The minimum absolute atomic E-state index is 0.0474. The van der Waals surface area contributed by atoms with Gasteiger partial charge in [-0.2, -0.15) is 0 Å². The van der Waals surface area contributed by atoms with Crippen LogP contribution >= 0.6 is 12.2 Å². The molecule has 19 heavy (non-hydrogen) atoms. The summed E-state index contributed by atoms with van der Waals surface area (Å²) < 4.78 is 49.0. The largest absolute Gasteiger partial charge is 0.389 e. The molecule has 0 aliphatic rings. The van der Waals surface area contributed by atoms with Crippen LogP contribution < -0.4 is 11.1 Å². The number of halogens is 2. The number of rotatable bonds is 6. The summed E-state index contributed by atoms with van der Waals surface area (Å²) in [6.07, 6.45) is 1.36. The van der Waals surface area contributed by atoms with Gasteiger partial charge in [-0.25, -0.2) is 17.2 Å². The predicted octanol–water partition coefficient (Wildman–Crippen LogP) is 1.45. The number of hydrogen-bond donors (Lipinski definition) is 2. The van der Waals surface area contributed by atoms with Crippen LogP contribution in [0.25, 0.3) is 0 Å². The van der Waals surface area contributed by atoms with E-state index in [0.29, 0.717) is 0 Å². The van der Waals surface area contributed by atoms with Crippen LogP contribution in [-0.4, -0.2) is 32.0 Å². The fraction of sp³-hybridized carbons (Fsp3) is 0.364. The third-order valence-corrected chi connectivity index (χ3v) is 3.59. The summed E-state index contributed by atoms with van der Waals surface area (Å²) in [5.74, 6) is -1.68. The normalized spacial score (nSPS) is 11.3. The fourth-order valence-electron chi connectivity index (χ4n) is 1.43. The van der Waals surface area contributed by atoms with Crippen molar-refractivity contribution < 1.29 is 17.2 Å². The van der Waals surface area contributed by atoms with Crippen LogP contribution in [0.1, 0.15) is 12.0 Å². The fourth-order valence-corrected chi connectivity index (χ4v) is 2.22. The Balaban J connectivity index is 2.72. The van der Waals surface area contributed by atoms with E-state index in [9.17, 15) is 17.2 Å². The standard InChI is InChI=1S/C11H14F2N2O2S2/c1-19(16,17)4-2-3-15-10-8(12)5-7(11(14)18)6-9(10)13/h5-6,15H,2-4H2,1H3,(H2,14,18). The van der Waals surface area contributed by atoms with Crippen LogP contribution in [0.5, 0.6) is 0 Å². The Bertz CT molecular complexity index is 565. The molecule has 8 heteroatoms. The van der Waals surface area contributed by atoms with Crippen molar-refractivity contribution in [1.82, 2.24) is 0 Å². The van der Waals surface area contributed by atoms with Gasteiger partial charge in [-0.1, -0.05) is 12.2 Å². The van der Waals surface area contributed by atoms with E-state index in [1.165, 1.54) is 0 Å². The van der Waals surface area contributed by atoms with Gasteiger partial charge in [0.15, 0.2) is 0 Å². The molecular formula is C11H14F2N2O2S2. The van der Waals surface area contributed by atoms with Crippen molar-refractivity contribution in [3.63, 3.8) is 0 Å². The summed E-state index contributed by atoms with van der Waals surface area (Å²) in [7, 11) is -3.08. The van der Waals surface area contributed by atoms with Crippen molar-refractivity contribution >= 4 is 32.7 Å². The van der Waals surface area contributed by atoms with Gasteiger partial charge in [0.1, 0.15) is 32.1 Å². The Kier molecular flexibility index (Phi) is 5.19. The Morgan fingerprint density at radius 3 is 2.32 bits per heavy atom. The highest BCUT2D eigenvalue weighted by Crippen LogP contribution is 2.20. The second-order valence-corrected chi connectivity index (χ2v) is 6.79. The van der Waals surface area contributed by atoms with E-state index >= 15 is 0 Å². The summed E-state index contributed by atoms with van der Waals surface area (Å²) in [5.41, 5.74) is 5.07. The summed E-state index contributed by atoms with van der Waals surface area (Å²) in [6, 6.07) is 2.06. The molecule has 0 spiro atoms. The molecule has 0 bridgehead atoms. The maximum atomic E-state index is 13.6. The van der Waals surface area contributed by atoms with E-state index < -0.39 is 21.5 Å². The number of sulfone groups is 1. The van der Waals surface area contributed by atoms with Gasteiger partial charge in [0.05, 0.1) is 5.75 Å². The molecule has 0 fully saturated rings. The zero-order valence-corrected chi connectivity index (χ0v) is 11.9. The second-order valence-electron chi connectivity index (χ2n) is 4.09. The summed E-state index contributed by atoms with van der Waals surface area (Å²) in [6.45, 7) is 0.146. The third-order valence-electron chi connectivity index (χ3n) is 2.32. The van der Waals surface area contributed by atoms with Gasteiger partial charge >= 0.3 is 0 Å². The lowest BCUT2D eigenvalue weighted by Crippen LogP contribution is -2.14. The van der Waals surface area contributed by atoms with Crippen LogP contribution in [0.3, 0.4) is 0 Å². The van der Waals surface area contributed by atoms with E-state index in [-0.39, 0.29) is 35.0 Å². The molecular weight excluding hydrogens is 294 g/mol. The maximum Gasteiger partial charge on any atom is 0.150 e. The van der Waals surface area contributed by atoms with Gasteiger partial charge < -0.3 is 11.1 Å². The average Bonchev–Trinajstić information content (AvgIpc) is 2.25. The summed E-state index contributed by atoms with van der Waals surface area (Å²) in [4.78, 5) is -0.0959. The van der Waals surface area contributed by atoms with Crippen molar-refractivity contribution in [2.24, 2.45) is 5.73 Å². The minimum Gasteiger partial charge on any atom is -0.389 e. The average molecular weight is 308 g/mol. The second kappa shape index (κ2) is 6.25. The molecule has 1 aromatic rings. The molecule has 0 aromatic heterocycles. The van der Waals surface area contributed by atoms with Gasteiger partial charge in [-0.3, -0.25) is 0 Å². The lowest BCUT2D eigenvalue weighted by molar-refractivity contribution is 0.587. The zero-order valence-electron chi connectivity index (χ0n) is 10.2. The smallest absolute Gasteiger partial charge is 0.150 e. The van der Waals surface area contributed by atoms with Gasteiger partial charge in [0.25, 0.3) is 0 Å². The molecule has 4 nitrogen and oxygen atoms in total. The highest BCUT2D eigenvalue weighted by atomic mass is 32.2. The van der Waals surface area contributed by atoms with E-state index in [1.54, 1.807) is 0 Å². The van der Waals surface area contributed by atoms with Crippen molar-refractivity contribution in [2.75, 3.05) is 23.9 Å². The lowest BCUT2D eigenvalue weighted by Gasteiger charge is -2.10. The highest BCUT2D eigenvalue weighted by Gasteiger charge is 2.12. The van der Waals surface area contributed by atoms with Crippen LogP contribution in [0.4, 0.5) is 14.5 Å². The quantitative estimate of drug-likeness (QED) is 0.615. The van der Waals surface area contributed by atoms with Gasteiger partial charge in [0, 0.05) is 18.4 Å². The van der Waals surface area contributed by atoms with Gasteiger partial charge in [-0.05, 0) is 18.6 Å². The predicted molar refractivity (Wildman–Crippen MR) is 75.1 cm³/mol. The number of nitrogens with one attached hydrogen (secondary N) is 1. The van der Waals surface area contributed by atoms with Gasteiger partial charge in [-0.15, -0.1) is 0 Å². The topological polar surface area (TPSA) is 72.2 Å². The molecule has 0 atom stereocenters. The molecule has 0 unspecified atom stereocenters. The molecule has 0 aliphatic carbocycles. The van der Waals surface area contributed by atoms with Crippen molar-refractivity contribution in [3.8, 4) is 0 Å². The first kappa shape index (κ1) is 15.8. The monoisotopic (exact) mass is 308 g/mol. The van der Waals surface area contributed by atoms with E-state index in [4.69, 9.17) is 5.73 Å². The molecule has 0 aliphatic heterocycles. The third kappa shape index (κ3) is 5.07. The van der Waals surface area contributed by atoms with E-state index in [1.807, 2.05) is 0 Å². The molecule has 106 valence electrons. The van der Waals surface area contributed by atoms with Crippen molar-refractivity contribution in [2.45, 2.75) is 6.42 Å². The van der Waals surface area contributed by atoms with Crippen LogP contribution in [0.2, 0.25) is 0 Å². The van der Waals surface area contributed by atoms with Crippen LogP contribution in [-0.2, 0) is 9.84 Å². The number of anilines is 1. The number of thiocarbonyl (C=S) groups is 1. The molecule has 0 saturated carbocycles. The Morgan fingerprint density at radius 2 is 1.89 bits per heavy atom. The van der Waals surface area contributed by atoms with Crippen LogP contribution in [0, 0.1) is 11.6 Å². The Labute approximate surface area is 115 Å². The first-order chi connectivity index (χ1) is 8.70. The van der Waals surface area contributed by atoms with Crippen LogP contribution in [0.15, 0.2) is 12.1 Å². The molecule has 0 radical (unpaired) electrons. The highest BCUT2D eigenvalue weighted by molar-refractivity contribution is 7.90. The van der Waals surface area contributed by atoms with Crippen molar-refractivity contribution in [1.29, 1.82) is 0 Å². The van der Waals surface area contributed by atoms with Gasteiger partial charge in [0.2, 0.25) is 0 Å². The SMILES string of the molecule is CS(=O)(=O)CCCNc1c(F)cc(C(N)=S)cc1F. The molecule has 1 aromatic carbocycles. The zero-order chi connectivity index (χ0) is 14.6. The van der Waals surface area contributed by atoms with Crippen molar-refractivity contribution in [3.05, 3.63) is 29.3 Å². The first-order valence-electron chi connectivity index (χ1n) is 5.41. The number of nitrogens with two attached hydrogens (primary N) is 1. The number of benzene rings is 1. The molecule has 0 amide bonds. The minimum atomic E-state index is -3.08. The first-order valence-corrected chi connectivity index (χ1v) is 7.88. The number of hydrogen-bond acceptors (Lipinski definition) is 4. The molecule has 0 saturated heterocycles. The summed E-state index contributed by atoms with van der Waals surface area (Å²) >= 11 is 4.63. The van der Waals surface area contributed by atoms with E-state index in [2.05, 4.69) is 17.5 Å². The molecule has 3 N–H and O–H groups in total. The summed E-state index contributed by atoms with van der Waals surface area (Å²) in [5, 5.41) is 2.52. The Morgan fingerprint density at radius 1 is 1.37 bits per heavy atom. The lowest BCUT2D eigenvalue weighted by atomic mass is 10.2. The maximum absolute atomic E-state index is 13.6.